The molecular weight excluding hydrogens is 265 g/mol. The Labute approximate surface area is 106 Å². The van der Waals surface area contributed by atoms with E-state index >= 15 is 0 Å². The highest BCUT2D eigenvalue weighted by Crippen LogP contribution is 2.18. The first-order valence-corrected chi connectivity index (χ1v) is 5.34. The number of halogens is 3. The van der Waals surface area contributed by atoms with Gasteiger partial charge in [-0.3, -0.25) is 14.9 Å². The predicted molar refractivity (Wildman–Crippen MR) is 59.9 cm³/mol. The minimum absolute atomic E-state index is 0.406. The van der Waals surface area contributed by atoms with E-state index in [0.29, 0.717) is 5.56 Å². The maximum absolute atomic E-state index is 13.2. The molecule has 0 saturated carbocycles. The summed E-state index contributed by atoms with van der Waals surface area (Å²) in [7, 11) is 0. The molecule has 19 heavy (non-hydrogen) atoms. The minimum Gasteiger partial charge on any atom is -0.266 e. The number of amides is 1. The van der Waals surface area contributed by atoms with E-state index in [1.165, 1.54) is 12.1 Å². The summed E-state index contributed by atoms with van der Waals surface area (Å²) in [6.45, 7) is -1.44. The fourth-order valence-electron chi connectivity index (χ4n) is 1.56. The molecule has 0 aromatic heterocycles. The van der Waals surface area contributed by atoms with E-state index in [4.69, 9.17) is 0 Å². The van der Waals surface area contributed by atoms with Crippen LogP contribution in [0.15, 0.2) is 30.3 Å². The van der Waals surface area contributed by atoms with Gasteiger partial charge in [0, 0.05) is 4.92 Å². The van der Waals surface area contributed by atoms with E-state index < -0.39 is 41.4 Å². The van der Waals surface area contributed by atoms with Crippen molar-refractivity contribution in [1.82, 2.24) is 5.12 Å². The summed E-state index contributed by atoms with van der Waals surface area (Å²) in [5.41, 5.74) is 0.406. The number of hydrogen-bond acceptors (Lipinski definition) is 3. The Morgan fingerprint density at radius 2 is 1.89 bits per heavy atom. The molecule has 0 heterocycles. The lowest BCUT2D eigenvalue weighted by Crippen LogP contribution is -2.34. The van der Waals surface area contributed by atoms with Crippen LogP contribution in [-0.4, -0.2) is 35.5 Å². The lowest BCUT2D eigenvalue weighted by atomic mass is 9.99. The lowest BCUT2D eigenvalue weighted by Gasteiger charge is -2.17. The van der Waals surface area contributed by atoms with Gasteiger partial charge in [-0.1, -0.05) is 34.8 Å². The maximum atomic E-state index is 13.2. The standard InChI is InChI=1S/C11H11F3N2O3/c12-10(13)11(17)15(14)6-9(7-16(18)19)8-4-2-1-3-5-8/h1-5,9-10H,6-7H2. The summed E-state index contributed by atoms with van der Waals surface area (Å²) in [6.07, 6.45) is -3.47. The van der Waals surface area contributed by atoms with Crippen LogP contribution in [0.5, 0.6) is 0 Å². The second-order valence-electron chi connectivity index (χ2n) is 3.81. The lowest BCUT2D eigenvalue weighted by molar-refractivity contribution is -0.483. The fourth-order valence-corrected chi connectivity index (χ4v) is 1.56. The summed E-state index contributed by atoms with van der Waals surface area (Å²) in [5, 5.41) is 9.83. The first-order valence-electron chi connectivity index (χ1n) is 5.34. The number of carbonyl (C=O) groups excluding carboxylic acids is 1. The van der Waals surface area contributed by atoms with Crippen molar-refractivity contribution in [2.45, 2.75) is 12.3 Å². The smallest absolute Gasteiger partial charge is 0.266 e. The molecule has 104 valence electrons. The molecule has 0 spiro atoms. The quantitative estimate of drug-likeness (QED) is 0.453. The number of alkyl halides is 2. The molecule has 0 fully saturated rings. The zero-order valence-electron chi connectivity index (χ0n) is 9.71. The zero-order chi connectivity index (χ0) is 14.4. The molecule has 5 nitrogen and oxygen atoms in total. The molecule has 0 aliphatic rings. The second kappa shape index (κ2) is 6.72. The highest BCUT2D eigenvalue weighted by atomic mass is 19.3. The molecule has 0 N–H and O–H groups in total. The summed E-state index contributed by atoms with van der Waals surface area (Å²) in [6, 6.07) is 7.84. The van der Waals surface area contributed by atoms with Gasteiger partial charge >= 0.3 is 12.3 Å². The average Bonchev–Trinajstić information content (AvgIpc) is 2.37. The van der Waals surface area contributed by atoms with Gasteiger partial charge in [-0.25, -0.2) is 0 Å². The molecule has 1 aromatic carbocycles. The van der Waals surface area contributed by atoms with E-state index in [0.717, 1.165) is 0 Å². The van der Waals surface area contributed by atoms with Crippen molar-refractivity contribution < 1.29 is 23.0 Å². The summed E-state index contributed by atoms with van der Waals surface area (Å²) in [4.78, 5) is 20.5. The molecule has 1 atom stereocenters. The normalized spacial score (nSPS) is 12.2. The number of nitro groups is 1. The van der Waals surface area contributed by atoms with Crippen LogP contribution in [0.2, 0.25) is 0 Å². The largest absolute Gasteiger partial charge is 0.318 e. The molecule has 1 unspecified atom stereocenters. The van der Waals surface area contributed by atoms with Crippen molar-refractivity contribution in [2.24, 2.45) is 0 Å². The Bertz CT molecular complexity index is 442. The number of nitrogens with zero attached hydrogens (tertiary/aromatic N) is 2. The number of hydrogen-bond donors (Lipinski definition) is 0. The first-order chi connectivity index (χ1) is 8.91. The van der Waals surface area contributed by atoms with Crippen LogP contribution in [0.25, 0.3) is 0 Å². The van der Waals surface area contributed by atoms with Crippen molar-refractivity contribution in [2.75, 3.05) is 13.1 Å². The fraction of sp³-hybridized carbons (Fsp3) is 0.364. The minimum atomic E-state index is -3.47. The number of benzene rings is 1. The van der Waals surface area contributed by atoms with Gasteiger partial charge in [-0.2, -0.15) is 13.9 Å². The van der Waals surface area contributed by atoms with E-state index in [-0.39, 0.29) is 0 Å². The number of rotatable bonds is 6. The molecule has 0 aliphatic carbocycles. The highest BCUT2D eigenvalue weighted by Gasteiger charge is 2.28. The Morgan fingerprint density at radius 3 is 2.37 bits per heavy atom. The third-order valence-electron chi connectivity index (χ3n) is 2.45. The van der Waals surface area contributed by atoms with Gasteiger partial charge in [0.2, 0.25) is 6.54 Å². The first kappa shape index (κ1) is 14.9. The van der Waals surface area contributed by atoms with E-state index in [1.807, 2.05) is 0 Å². The molecule has 8 heteroatoms. The van der Waals surface area contributed by atoms with Crippen LogP contribution in [0.3, 0.4) is 0 Å². The third kappa shape index (κ3) is 4.57. The zero-order valence-corrected chi connectivity index (χ0v) is 9.71. The van der Waals surface area contributed by atoms with Crippen LogP contribution in [-0.2, 0) is 4.79 Å². The summed E-state index contributed by atoms with van der Waals surface area (Å²) in [5.74, 6) is -2.98. The number of carbonyl (C=O) groups is 1. The monoisotopic (exact) mass is 276 g/mol. The molecule has 0 radical (unpaired) electrons. The SMILES string of the molecule is O=C(C(F)F)N(F)CC(C[N+](=O)[O-])c1ccccc1. The van der Waals surface area contributed by atoms with Gasteiger partial charge in [-0.05, 0) is 5.56 Å². The van der Waals surface area contributed by atoms with E-state index in [9.17, 15) is 28.2 Å². The van der Waals surface area contributed by atoms with Crippen molar-refractivity contribution >= 4 is 5.91 Å². The van der Waals surface area contributed by atoms with Crippen LogP contribution in [0.4, 0.5) is 13.3 Å². The van der Waals surface area contributed by atoms with Gasteiger partial charge in [0.25, 0.3) is 0 Å². The third-order valence-corrected chi connectivity index (χ3v) is 2.45. The van der Waals surface area contributed by atoms with E-state index in [2.05, 4.69) is 0 Å². The van der Waals surface area contributed by atoms with Crippen LogP contribution in [0, 0.1) is 10.1 Å². The molecule has 0 aliphatic heterocycles. The molecular formula is C11H11F3N2O3. The van der Waals surface area contributed by atoms with Crippen molar-refractivity contribution in [1.29, 1.82) is 0 Å². The van der Waals surface area contributed by atoms with Crippen molar-refractivity contribution in [3.05, 3.63) is 46.0 Å². The highest BCUT2D eigenvalue weighted by molar-refractivity contribution is 5.78. The van der Waals surface area contributed by atoms with Gasteiger partial charge in [0.1, 0.15) is 0 Å². The van der Waals surface area contributed by atoms with Gasteiger partial charge in [0.05, 0.1) is 12.5 Å². The molecule has 1 amide bonds. The Morgan fingerprint density at radius 1 is 1.32 bits per heavy atom. The van der Waals surface area contributed by atoms with Crippen LogP contribution >= 0.6 is 0 Å². The van der Waals surface area contributed by atoms with E-state index in [1.54, 1.807) is 18.2 Å². The molecule has 0 saturated heterocycles. The average molecular weight is 276 g/mol. The van der Waals surface area contributed by atoms with Crippen LogP contribution in [0.1, 0.15) is 11.5 Å². The second-order valence-corrected chi connectivity index (χ2v) is 3.81. The van der Waals surface area contributed by atoms with Gasteiger partial charge < -0.3 is 0 Å². The molecule has 1 aromatic rings. The maximum Gasteiger partial charge on any atom is 0.318 e. The summed E-state index contributed by atoms with van der Waals surface area (Å²) < 4.78 is 37.3. The Balaban J connectivity index is 2.81. The van der Waals surface area contributed by atoms with Crippen molar-refractivity contribution in [3.8, 4) is 0 Å². The molecule has 1 rings (SSSR count). The Kier molecular flexibility index (Phi) is 5.28. The Hall–Kier alpha value is -2.12. The van der Waals surface area contributed by atoms with Crippen LogP contribution < -0.4 is 0 Å². The van der Waals surface area contributed by atoms with Gasteiger partial charge in [-0.15, -0.1) is 0 Å². The topological polar surface area (TPSA) is 63.5 Å². The van der Waals surface area contributed by atoms with Crippen molar-refractivity contribution in [3.63, 3.8) is 0 Å². The van der Waals surface area contributed by atoms with Gasteiger partial charge in [0.15, 0.2) is 0 Å². The predicted octanol–water partition coefficient (Wildman–Crippen LogP) is 2.03. The summed E-state index contributed by atoms with van der Waals surface area (Å²) >= 11 is 0. The molecule has 0 bridgehead atoms.